The van der Waals surface area contributed by atoms with E-state index in [0.29, 0.717) is 12.3 Å². The molecule has 0 aliphatic rings. The maximum atomic E-state index is 13.5. The van der Waals surface area contributed by atoms with Crippen LogP contribution in [0.25, 0.3) is 0 Å². The van der Waals surface area contributed by atoms with Crippen LogP contribution in [0.4, 0.5) is 8.78 Å². The minimum atomic E-state index is -0.861. The lowest BCUT2D eigenvalue weighted by molar-refractivity contribution is 0.374. The SMILES string of the molecule is CCc1nc(C(N)c2ccc(F)cc2F)no1. The molecule has 2 rings (SSSR count). The normalized spacial score (nSPS) is 12.7. The van der Waals surface area contributed by atoms with Crippen LogP contribution in [-0.2, 0) is 6.42 Å². The van der Waals surface area contributed by atoms with Gasteiger partial charge in [-0.3, -0.25) is 0 Å². The molecule has 90 valence electrons. The molecule has 0 amide bonds. The van der Waals surface area contributed by atoms with Crippen molar-refractivity contribution in [1.29, 1.82) is 0 Å². The molecule has 1 heterocycles. The first kappa shape index (κ1) is 11.7. The Labute approximate surface area is 96.4 Å². The van der Waals surface area contributed by atoms with Crippen molar-refractivity contribution < 1.29 is 13.3 Å². The number of nitrogens with zero attached hydrogens (tertiary/aromatic N) is 2. The van der Waals surface area contributed by atoms with E-state index >= 15 is 0 Å². The summed E-state index contributed by atoms with van der Waals surface area (Å²) in [5.74, 6) is -0.758. The smallest absolute Gasteiger partial charge is 0.226 e. The molecule has 0 radical (unpaired) electrons. The van der Waals surface area contributed by atoms with Gasteiger partial charge in [-0.15, -0.1) is 0 Å². The zero-order chi connectivity index (χ0) is 12.4. The van der Waals surface area contributed by atoms with Crippen LogP contribution in [0.3, 0.4) is 0 Å². The summed E-state index contributed by atoms with van der Waals surface area (Å²) < 4.78 is 31.1. The Bertz CT molecular complexity index is 527. The van der Waals surface area contributed by atoms with Crippen LogP contribution in [-0.4, -0.2) is 10.1 Å². The molecule has 4 nitrogen and oxygen atoms in total. The molecule has 0 aliphatic heterocycles. The summed E-state index contributed by atoms with van der Waals surface area (Å²) in [6.07, 6.45) is 0.575. The molecule has 0 spiro atoms. The first-order valence-corrected chi connectivity index (χ1v) is 5.14. The number of aromatic nitrogens is 2. The van der Waals surface area contributed by atoms with Crippen LogP contribution >= 0.6 is 0 Å². The Balaban J connectivity index is 2.33. The molecule has 1 atom stereocenters. The topological polar surface area (TPSA) is 64.9 Å². The number of hydrogen-bond donors (Lipinski definition) is 1. The van der Waals surface area contributed by atoms with Gasteiger partial charge in [0, 0.05) is 18.1 Å². The molecule has 17 heavy (non-hydrogen) atoms. The molecule has 0 bridgehead atoms. The van der Waals surface area contributed by atoms with Gasteiger partial charge in [0.25, 0.3) is 0 Å². The highest BCUT2D eigenvalue weighted by Crippen LogP contribution is 2.20. The van der Waals surface area contributed by atoms with Crippen molar-refractivity contribution in [2.45, 2.75) is 19.4 Å². The third kappa shape index (κ3) is 2.31. The van der Waals surface area contributed by atoms with E-state index in [1.54, 1.807) is 0 Å². The van der Waals surface area contributed by atoms with Gasteiger partial charge >= 0.3 is 0 Å². The second-order valence-electron chi connectivity index (χ2n) is 3.54. The Morgan fingerprint density at radius 3 is 2.76 bits per heavy atom. The summed E-state index contributed by atoms with van der Waals surface area (Å²) in [5, 5.41) is 3.66. The van der Waals surface area contributed by atoms with Crippen LogP contribution in [0, 0.1) is 11.6 Å². The molecule has 0 saturated carbocycles. The number of nitrogens with two attached hydrogens (primary N) is 1. The van der Waals surface area contributed by atoms with Gasteiger partial charge in [-0.05, 0) is 6.07 Å². The monoisotopic (exact) mass is 239 g/mol. The van der Waals surface area contributed by atoms with Crippen molar-refractivity contribution >= 4 is 0 Å². The van der Waals surface area contributed by atoms with Crippen molar-refractivity contribution in [1.82, 2.24) is 10.1 Å². The highest BCUT2D eigenvalue weighted by molar-refractivity contribution is 5.26. The fourth-order valence-corrected chi connectivity index (χ4v) is 1.43. The summed E-state index contributed by atoms with van der Waals surface area (Å²) in [6, 6.07) is 2.33. The third-order valence-electron chi connectivity index (χ3n) is 2.36. The molecule has 1 aromatic carbocycles. The van der Waals surface area contributed by atoms with E-state index in [9.17, 15) is 8.78 Å². The first-order valence-electron chi connectivity index (χ1n) is 5.14. The average Bonchev–Trinajstić information content (AvgIpc) is 2.76. The molecule has 0 aliphatic carbocycles. The number of halogens is 2. The third-order valence-corrected chi connectivity index (χ3v) is 2.36. The average molecular weight is 239 g/mol. The van der Waals surface area contributed by atoms with E-state index in [-0.39, 0.29) is 11.4 Å². The van der Waals surface area contributed by atoms with E-state index < -0.39 is 17.7 Å². The van der Waals surface area contributed by atoms with Crippen LogP contribution < -0.4 is 5.73 Å². The lowest BCUT2D eigenvalue weighted by atomic mass is 10.1. The van der Waals surface area contributed by atoms with Gasteiger partial charge in [0.2, 0.25) is 5.89 Å². The minimum absolute atomic E-state index is 0.134. The molecule has 6 heteroatoms. The van der Waals surface area contributed by atoms with Crippen LogP contribution in [0.2, 0.25) is 0 Å². The molecule has 2 aromatic rings. The fraction of sp³-hybridized carbons (Fsp3) is 0.273. The molecule has 0 fully saturated rings. The quantitative estimate of drug-likeness (QED) is 0.889. The minimum Gasteiger partial charge on any atom is -0.339 e. The molecular weight excluding hydrogens is 228 g/mol. The summed E-state index contributed by atoms with van der Waals surface area (Å²) >= 11 is 0. The van der Waals surface area contributed by atoms with Crippen LogP contribution in [0.1, 0.15) is 30.2 Å². The van der Waals surface area contributed by atoms with Crippen LogP contribution in [0.5, 0.6) is 0 Å². The van der Waals surface area contributed by atoms with Gasteiger partial charge in [-0.1, -0.05) is 18.1 Å². The van der Waals surface area contributed by atoms with Gasteiger partial charge in [0.1, 0.15) is 11.6 Å². The van der Waals surface area contributed by atoms with Gasteiger partial charge < -0.3 is 10.3 Å². The highest BCUT2D eigenvalue weighted by Gasteiger charge is 2.19. The first-order chi connectivity index (χ1) is 8.11. The summed E-state index contributed by atoms with van der Waals surface area (Å²) in [5.41, 5.74) is 5.92. The molecular formula is C11H11F2N3O. The lowest BCUT2D eigenvalue weighted by Crippen LogP contribution is -2.15. The Morgan fingerprint density at radius 1 is 1.41 bits per heavy atom. The molecule has 1 unspecified atom stereocenters. The van der Waals surface area contributed by atoms with Crippen LogP contribution in [0.15, 0.2) is 22.7 Å². The predicted octanol–water partition coefficient (Wildman–Crippen LogP) is 1.96. The second kappa shape index (κ2) is 4.58. The summed E-state index contributed by atoms with van der Waals surface area (Å²) in [6.45, 7) is 1.85. The van der Waals surface area contributed by atoms with E-state index in [1.165, 1.54) is 6.07 Å². The second-order valence-corrected chi connectivity index (χ2v) is 3.54. The van der Waals surface area contributed by atoms with Gasteiger partial charge in [0.05, 0.1) is 6.04 Å². The fourth-order valence-electron chi connectivity index (χ4n) is 1.43. The summed E-state index contributed by atoms with van der Waals surface area (Å²) in [7, 11) is 0. The standard InChI is InChI=1S/C11H11F2N3O/c1-2-9-15-11(16-17-9)10(14)7-4-3-6(12)5-8(7)13/h3-5,10H,2,14H2,1H3. The van der Waals surface area contributed by atoms with E-state index in [0.717, 1.165) is 12.1 Å². The van der Waals surface area contributed by atoms with Crippen molar-refractivity contribution in [2.24, 2.45) is 5.73 Å². The molecule has 2 N–H and O–H groups in total. The molecule has 1 aromatic heterocycles. The highest BCUT2D eigenvalue weighted by atomic mass is 19.1. The van der Waals surface area contributed by atoms with Gasteiger partial charge in [-0.25, -0.2) is 8.78 Å². The maximum Gasteiger partial charge on any atom is 0.226 e. The van der Waals surface area contributed by atoms with Gasteiger partial charge in [0.15, 0.2) is 5.82 Å². The van der Waals surface area contributed by atoms with Crippen molar-refractivity contribution in [3.8, 4) is 0 Å². The largest absolute Gasteiger partial charge is 0.339 e. The number of aryl methyl sites for hydroxylation is 1. The number of rotatable bonds is 3. The van der Waals surface area contributed by atoms with E-state index in [1.807, 2.05) is 6.92 Å². The van der Waals surface area contributed by atoms with Crippen molar-refractivity contribution in [2.75, 3.05) is 0 Å². The lowest BCUT2D eigenvalue weighted by Gasteiger charge is -2.08. The number of benzene rings is 1. The van der Waals surface area contributed by atoms with Crippen molar-refractivity contribution in [3.05, 3.63) is 47.1 Å². The van der Waals surface area contributed by atoms with Gasteiger partial charge in [-0.2, -0.15) is 4.98 Å². The zero-order valence-electron chi connectivity index (χ0n) is 9.15. The Kier molecular flexibility index (Phi) is 3.14. The Morgan fingerprint density at radius 2 is 2.18 bits per heavy atom. The maximum absolute atomic E-state index is 13.5. The Hall–Kier alpha value is -1.82. The molecule has 0 saturated heterocycles. The predicted molar refractivity (Wildman–Crippen MR) is 56.1 cm³/mol. The number of hydrogen-bond acceptors (Lipinski definition) is 4. The van der Waals surface area contributed by atoms with E-state index in [4.69, 9.17) is 10.3 Å². The zero-order valence-corrected chi connectivity index (χ0v) is 9.15. The van der Waals surface area contributed by atoms with Crippen molar-refractivity contribution in [3.63, 3.8) is 0 Å². The summed E-state index contributed by atoms with van der Waals surface area (Å²) in [4.78, 5) is 4.01. The van der Waals surface area contributed by atoms with E-state index in [2.05, 4.69) is 10.1 Å².